The summed E-state index contributed by atoms with van der Waals surface area (Å²) in [5.41, 5.74) is 1.30. The van der Waals surface area contributed by atoms with Crippen LogP contribution < -0.4 is 10.6 Å². The van der Waals surface area contributed by atoms with E-state index in [1.807, 2.05) is 13.0 Å². The van der Waals surface area contributed by atoms with Crippen molar-refractivity contribution in [3.63, 3.8) is 0 Å². The fraction of sp³-hybridized carbons (Fsp3) is 0.526. The van der Waals surface area contributed by atoms with Crippen molar-refractivity contribution in [2.45, 2.75) is 57.5 Å². The lowest BCUT2D eigenvalue weighted by Gasteiger charge is -2.15. The number of fused-ring (bicyclic) bond motifs is 1. The molecule has 0 saturated heterocycles. The van der Waals surface area contributed by atoms with Crippen molar-refractivity contribution in [1.29, 1.82) is 0 Å². The van der Waals surface area contributed by atoms with Gasteiger partial charge < -0.3 is 15.7 Å². The SMILES string of the molecule is CCC[C@@H](CO)NC(=O)c1ccc2cnc(NC3CCCC3)nc2c1. The number of nitrogens with one attached hydrogen (secondary N) is 2. The van der Waals surface area contributed by atoms with E-state index in [-0.39, 0.29) is 18.6 Å². The molecule has 1 amide bonds. The number of rotatable bonds is 7. The van der Waals surface area contributed by atoms with Gasteiger partial charge in [0.05, 0.1) is 18.2 Å². The first-order chi connectivity index (χ1) is 12.2. The summed E-state index contributed by atoms with van der Waals surface area (Å²) >= 11 is 0. The van der Waals surface area contributed by atoms with Crippen LogP contribution in [0.3, 0.4) is 0 Å². The van der Waals surface area contributed by atoms with Crippen LogP contribution in [0.4, 0.5) is 5.95 Å². The Hall–Kier alpha value is -2.21. The molecular formula is C19H26N4O2. The van der Waals surface area contributed by atoms with Crippen LogP contribution >= 0.6 is 0 Å². The summed E-state index contributed by atoms with van der Waals surface area (Å²) in [4.78, 5) is 21.4. The minimum Gasteiger partial charge on any atom is -0.394 e. The fourth-order valence-corrected chi connectivity index (χ4v) is 3.31. The minimum atomic E-state index is -0.210. The molecule has 3 rings (SSSR count). The van der Waals surface area contributed by atoms with Crippen LogP contribution in [0.5, 0.6) is 0 Å². The lowest BCUT2D eigenvalue weighted by Crippen LogP contribution is -2.37. The Balaban J connectivity index is 1.76. The van der Waals surface area contributed by atoms with Gasteiger partial charge >= 0.3 is 0 Å². The maximum atomic E-state index is 12.4. The molecule has 1 heterocycles. The maximum Gasteiger partial charge on any atom is 0.251 e. The first kappa shape index (κ1) is 17.6. The quantitative estimate of drug-likeness (QED) is 0.720. The highest BCUT2D eigenvalue weighted by Gasteiger charge is 2.16. The molecule has 25 heavy (non-hydrogen) atoms. The molecule has 1 aromatic carbocycles. The number of aliphatic hydroxyl groups is 1. The van der Waals surface area contributed by atoms with Gasteiger partial charge in [0.15, 0.2) is 0 Å². The van der Waals surface area contributed by atoms with Crippen LogP contribution in [0, 0.1) is 0 Å². The third-order valence-corrected chi connectivity index (χ3v) is 4.73. The van der Waals surface area contributed by atoms with E-state index in [9.17, 15) is 9.90 Å². The number of aromatic nitrogens is 2. The van der Waals surface area contributed by atoms with Crippen LogP contribution in [-0.2, 0) is 0 Å². The monoisotopic (exact) mass is 342 g/mol. The van der Waals surface area contributed by atoms with Gasteiger partial charge in [-0.1, -0.05) is 32.3 Å². The summed E-state index contributed by atoms with van der Waals surface area (Å²) in [5.74, 6) is 0.439. The first-order valence-corrected chi connectivity index (χ1v) is 9.14. The predicted octanol–water partition coefficient (Wildman–Crippen LogP) is 2.88. The van der Waals surface area contributed by atoms with Crippen molar-refractivity contribution >= 4 is 22.8 Å². The molecule has 3 N–H and O–H groups in total. The molecule has 1 atom stereocenters. The van der Waals surface area contributed by atoms with E-state index in [1.165, 1.54) is 12.8 Å². The predicted molar refractivity (Wildman–Crippen MR) is 98.7 cm³/mol. The molecule has 0 radical (unpaired) electrons. The summed E-state index contributed by atoms with van der Waals surface area (Å²) in [6.45, 7) is 1.98. The number of carbonyl (C=O) groups excluding carboxylic acids is 1. The number of hydrogen-bond acceptors (Lipinski definition) is 5. The van der Waals surface area contributed by atoms with Crippen LogP contribution in [-0.4, -0.2) is 39.7 Å². The Morgan fingerprint density at radius 3 is 2.88 bits per heavy atom. The maximum absolute atomic E-state index is 12.4. The third-order valence-electron chi connectivity index (χ3n) is 4.73. The normalized spacial score (nSPS) is 16.1. The molecule has 1 aliphatic rings. The Bertz CT molecular complexity index is 728. The van der Waals surface area contributed by atoms with E-state index in [0.29, 0.717) is 17.6 Å². The second-order valence-electron chi connectivity index (χ2n) is 6.73. The largest absolute Gasteiger partial charge is 0.394 e. The number of anilines is 1. The van der Waals surface area contributed by atoms with E-state index in [2.05, 4.69) is 20.6 Å². The highest BCUT2D eigenvalue weighted by Crippen LogP contribution is 2.22. The van der Waals surface area contributed by atoms with E-state index < -0.39 is 0 Å². The average Bonchev–Trinajstić information content (AvgIpc) is 3.13. The van der Waals surface area contributed by atoms with Crippen molar-refractivity contribution in [2.24, 2.45) is 0 Å². The van der Waals surface area contributed by atoms with Gasteiger partial charge in [-0.05, 0) is 31.4 Å². The van der Waals surface area contributed by atoms with Gasteiger partial charge in [0.1, 0.15) is 0 Å². The molecule has 0 aliphatic heterocycles. The molecule has 6 heteroatoms. The Kier molecular flexibility index (Phi) is 5.81. The van der Waals surface area contributed by atoms with E-state index >= 15 is 0 Å². The summed E-state index contributed by atoms with van der Waals surface area (Å²) in [7, 11) is 0. The molecule has 1 fully saturated rings. The number of amides is 1. The zero-order chi connectivity index (χ0) is 17.6. The molecule has 1 aliphatic carbocycles. The highest BCUT2D eigenvalue weighted by molar-refractivity contribution is 5.97. The first-order valence-electron chi connectivity index (χ1n) is 9.14. The average molecular weight is 342 g/mol. The number of carbonyl (C=O) groups is 1. The minimum absolute atomic E-state index is 0.0508. The van der Waals surface area contributed by atoms with Gasteiger partial charge in [-0.15, -0.1) is 0 Å². The standard InChI is InChI=1S/C19H26N4O2/c1-2-5-16(12-24)21-18(25)13-8-9-14-11-20-19(23-17(14)10-13)22-15-6-3-4-7-15/h8-11,15-16,24H,2-7,12H2,1H3,(H,21,25)(H,20,22,23)/t16-/m0/s1. The lowest BCUT2D eigenvalue weighted by molar-refractivity contribution is 0.0913. The van der Waals surface area contributed by atoms with E-state index in [4.69, 9.17) is 0 Å². The molecule has 0 unspecified atom stereocenters. The molecule has 1 saturated carbocycles. The van der Waals surface area contributed by atoms with Crippen molar-refractivity contribution in [3.8, 4) is 0 Å². The van der Waals surface area contributed by atoms with E-state index in [1.54, 1.807) is 18.3 Å². The van der Waals surface area contributed by atoms with Gasteiger partial charge in [-0.3, -0.25) is 4.79 Å². The summed E-state index contributed by atoms with van der Waals surface area (Å²) in [6, 6.07) is 5.65. The summed E-state index contributed by atoms with van der Waals surface area (Å²) in [5, 5.41) is 16.5. The molecule has 0 bridgehead atoms. The van der Waals surface area contributed by atoms with E-state index in [0.717, 1.165) is 36.6 Å². The van der Waals surface area contributed by atoms with Crippen molar-refractivity contribution in [3.05, 3.63) is 30.0 Å². The molecule has 0 spiro atoms. The highest BCUT2D eigenvalue weighted by atomic mass is 16.3. The number of benzene rings is 1. The molecular weight excluding hydrogens is 316 g/mol. The van der Waals surface area contributed by atoms with Crippen LogP contribution in [0.15, 0.2) is 24.4 Å². The number of aliphatic hydroxyl groups excluding tert-OH is 1. The summed E-state index contributed by atoms with van der Waals surface area (Å²) < 4.78 is 0. The summed E-state index contributed by atoms with van der Waals surface area (Å²) in [6.07, 6.45) is 8.27. The van der Waals surface area contributed by atoms with Crippen LogP contribution in [0.2, 0.25) is 0 Å². The smallest absolute Gasteiger partial charge is 0.251 e. The molecule has 1 aromatic heterocycles. The Morgan fingerprint density at radius 1 is 1.36 bits per heavy atom. The van der Waals surface area contributed by atoms with Gasteiger partial charge in [-0.2, -0.15) is 0 Å². The molecule has 2 aromatic rings. The second-order valence-corrected chi connectivity index (χ2v) is 6.73. The zero-order valence-corrected chi connectivity index (χ0v) is 14.7. The zero-order valence-electron chi connectivity index (χ0n) is 14.7. The van der Waals surface area contributed by atoms with Gasteiger partial charge in [-0.25, -0.2) is 9.97 Å². The Labute approximate surface area is 148 Å². The third kappa shape index (κ3) is 4.45. The van der Waals surface area contributed by atoms with Gasteiger partial charge in [0.25, 0.3) is 5.91 Å². The van der Waals surface area contributed by atoms with Gasteiger partial charge in [0.2, 0.25) is 5.95 Å². The van der Waals surface area contributed by atoms with Crippen molar-refractivity contribution in [1.82, 2.24) is 15.3 Å². The second kappa shape index (κ2) is 8.25. The molecule has 134 valence electrons. The van der Waals surface area contributed by atoms with Crippen molar-refractivity contribution in [2.75, 3.05) is 11.9 Å². The van der Waals surface area contributed by atoms with Crippen molar-refractivity contribution < 1.29 is 9.90 Å². The van der Waals surface area contributed by atoms with Gasteiger partial charge in [0, 0.05) is 23.2 Å². The number of hydrogen-bond donors (Lipinski definition) is 3. The van der Waals surface area contributed by atoms with Crippen LogP contribution in [0.25, 0.3) is 10.9 Å². The Morgan fingerprint density at radius 2 is 2.16 bits per heavy atom. The topological polar surface area (TPSA) is 87.1 Å². The fourth-order valence-electron chi connectivity index (χ4n) is 3.31. The molecule has 6 nitrogen and oxygen atoms in total. The number of nitrogens with zero attached hydrogens (tertiary/aromatic N) is 2. The van der Waals surface area contributed by atoms with Crippen LogP contribution in [0.1, 0.15) is 55.8 Å². The lowest BCUT2D eigenvalue weighted by atomic mass is 10.1.